The van der Waals surface area contributed by atoms with Gasteiger partial charge in [0.25, 0.3) is 0 Å². The molecule has 2 aliphatic heterocycles. The first-order valence-electron chi connectivity index (χ1n) is 5.42. The van der Waals surface area contributed by atoms with Crippen molar-refractivity contribution in [3.8, 4) is 0 Å². The van der Waals surface area contributed by atoms with E-state index in [9.17, 15) is 10.2 Å². The number of hydrogen-bond donors (Lipinski definition) is 2. The van der Waals surface area contributed by atoms with Crippen molar-refractivity contribution in [2.75, 3.05) is 13.7 Å². The maximum Gasteiger partial charge on any atom is 0.166 e. The molecule has 0 amide bonds. The quantitative estimate of drug-likeness (QED) is 0.625. The predicted octanol–water partition coefficient (Wildman–Crippen LogP) is -0.319. The minimum atomic E-state index is -1.17. The number of rotatable bonds is 1. The predicted molar refractivity (Wildman–Crippen MR) is 53.8 cm³/mol. The Bertz CT molecular complexity index is 301. The smallest absolute Gasteiger partial charge is 0.166 e. The summed E-state index contributed by atoms with van der Waals surface area (Å²) in [6, 6.07) is 0. The molecule has 0 bridgehead atoms. The number of hydrogen-bond acceptors (Lipinski definition) is 5. The van der Waals surface area contributed by atoms with Gasteiger partial charge in [0.15, 0.2) is 12.6 Å². The highest BCUT2D eigenvalue weighted by Crippen LogP contribution is 2.54. The summed E-state index contributed by atoms with van der Waals surface area (Å²) < 4.78 is 16.1. The van der Waals surface area contributed by atoms with Crippen LogP contribution in [0.5, 0.6) is 0 Å². The highest BCUT2D eigenvalue weighted by Gasteiger charge is 2.67. The summed E-state index contributed by atoms with van der Waals surface area (Å²) in [5, 5.41) is 19.7. The van der Waals surface area contributed by atoms with Gasteiger partial charge < -0.3 is 24.4 Å². The van der Waals surface area contributed by atoms with Crippen molar-refractivity contribution in [3.63, 3.8) is 0 Å². The number of halogens is 1. The molecule has 16 heavy (non-hydrogen) atoms. The summed E-state index contributed by atoms with van der Waals surface area (Å²) in [6.07, 6.45) is -1.12. The molecule has 6 heteroatoms. The normalized spacial score (nSPS) is 60.0. The molecule has 92 valence electrons. The Morgan fingerprint density at radius 3 is 2.94 bits per heavy atom. The summed E-state index contributed by atoms with van der Waals surface area (Å²) >= 11 is 6.09. The van der Waals surface area contributed by atoms with Crippen LogP contribution in [0.15, 0.2) is 0 Å². The van der Waals surface area contributed by atoms with E-state index >= 15 is 0 Å². The lowest BCUT2D eigenvalue weighted by Crippen LogP contribution is -2.46. The van der Waals surface area contributed by atoms with Gasteiger partial charge in [0, 0.05) is 25.4 Å². The van der Waals surface area contributed by atoms with Gasteiger partial charge in [-0.2, -0.15) is 0 Å². The fourth-order valence-corrected chi connectivity index (χ4v) is 3.60. The SMILES string of the molecule is CO[C@H]1CC2C3C(OC[C@]3(O)C(Cl)[C@H]2O)O1. The van der Waals surface area contributed by atoms with E-state index in [0.717, 1.165) is 0 Å². The monoisotopic (exact) mass is 250 g/mol. The Morgan fingerprint density at radius 2 is 2.25 bits per heavy atom. The first-order valence-corrected chi connectivity index (χ1v) is 5.86. The van der Waals surface area contributed by atoms with Gasteiger partial charge in [0.2, 0.25) is 0 Å². The van der Waals surface area contributed by atoms with Crippen molar-refractivity contribution in [2.24, 2.45) is 11.8 Å². The molecule has 0 aromatic rings. The van der Waals surface area contributed by atoms with Crippen LogP contribution < -0.4 is 0 Å². The molecule has 2 heterocycles. The second-order valence-electron chi connectivity index (χ2n) is 4.79. The van der Waals surface area contributed by atoms with Crippen molar-refractivity contribution < 1.29 is 24.4 Å². The first kappa shape index (κ1) is 11.2. The lowest BCUT2D eigenvalue weighted by molar-refractivity contribution is -0.274. The first-order chi connectivity index (χ1) is 7.58. The standard InChI is InChI=1S/C10H15ClO5/c1-14-5-2-4-6-9(16-5)15-3-10(6,13)8(11)7(4)12/h4-9,12-13H,2-3H2,1H3/t4?,5-,6?,7+,8?,9?,10-/m1/s1. The van der Waals surface area contributed by atoms with Crippen LogP contribution in [-0.2, 0) is 14.2 Å². The third-order valence-electron chi connectivity index (χ3n) is 4.04. The summed E-state index contributed by atoms with van der Waals surface area (Å²) in [5.74, 6) is -0.380. The summed E-state index contributed by atoms with van der Waals surface area (Å²) in [6.45, 7) is 0.112. The lowest BCUT2D eigenvalue weighted by atomic mass is 9.84. The highest BCUT2D eigenvalue weighted by atomic mass is 35.5. The van der Waals surface area contributed by atoms with Gasteiger partial charge in [-0.15, -0.1) is 11.6 Å². The minimum absolute atomic E-state index is 0.112. The van der Waals surface area contributed by atoms with E-state index in [1.54, 1.807) is 7.11 Å². The Balaban J connectivity index is 1.93. The Labute approximate surface area is 98.2 Å². The van der Waals surface area contributed by atoms with E-state index in [-0.39, 0.29) is 18.4 Å². The van der Waals surface area contributed by atoms with Gasteiger partial charge in [0.05, 0.1) is 18.1 Å². The zero-order valence-corrected chi connectivity index (χ0v) is 9.63. The van der Waals surface area contributed by atoms with Crippen LogP contribution in [0, 0.1) is 11.8 Å². The van der Waals surface area contributed by atoms with Gasteiger partial charge in [-0.3, -0.25) is 0 Å². The lowest BCUT2D eigenvalue weighted by Gasteiger charge is -2.36. The van der Waals surface area contributed by atoms with Crippen LogP contribution in [0.1, 0.15) is 6.42 Å². The van der Waals surface area contributed by atoms with E-state index in [2.05, 4.69) is 0 Å². The van der Waals surface area contributed by atoms with Crippen molar-refractivity contribution in [3.05, 3.63) is 0 Å². The fourth-order valence-electron chi connectivity index (χ4n) is 3.20. The summed E-state index contributed by atoms with van der Waals surface area (Å²) in [7, 11) is 1.55. The molecule has 1 saturated carbocycles. The Kier molecular flexibility index (Phi) is 2.48. The van der Waals surface area contributed by atoms with E-state index in [4.69, 9.17) is 25.8 Å². The van der Waals surface area contributed by atoms with Gasteiger partial charge in [-0.25, -0.2) is 0 Å². The van der Waals surface area contributed by atoms with Crippen LogP contribution in [-0.4, -0.2) is 53.6 Å². The summed E-state index contributed by atoms with van der Waals surface area (Å²) in [5.41, 5.74) is -1.17. The van der Waals surface area contributed by atoms with Gasteiger partial charge in [-0.1, -0.05) is 0 Å². The largest absolute Gasteiger partial charge is 0.391 e. The molecule has 3 aliphatic rings. The number of aliphatic hydroxyl groups is 2. The number of aliphatic hydroxyl groups excluding tert-OH is 1. The highest BCUT2D eigenvalue weighted by molar-refractivity contribution is 6.22. The molecule has 0 aromatic carbocycles. The van der Waals surface area contributed by atoms with E-state index in [1.165, 1.54) is 0 Å². The maximum atomic E-state index is 10.4. The summed E-state index contributed by atoms with van der Waals surface area (Å²) in [4.78, 5) is 0. The van der Waals surface area contributed by atoms with E-state index in [1.807, 2.05) is 0 Å². The number of alkyl halides is 1. The molecule has 0 spiro atoms. The van der Waals surface area contributed by atoms with E-state index < -0.39 is 29.7 Å². The molecule has 2 N–H and O–H groups in total. The maximum absolute atomic E-state index is 10.4. The van der Waals surface area contributed by atoms with Crippen molar-refractivity contribution in [1.82, 2.24) is 0 Å². The molecule has 2 saturated heterocycles. The molecule has 1 aliphatic carbocycles. The number of ether oxygens (including phenoxy) is 3. The second-order valence-corrected chi connectivity index (χ2v) is 5.26. The van der Waals surface area contributed by atoms with Gasteiger partial charge >= 0.3 is 0 Å². The van der Waals surface area contributed by atoms with Gasteiger partial charge in [-0.05, 0) is 0 Å². The molecular formula is C10H15ClO5. The molecule has 0 aromatic heterocycles. The average molecular weight is 251 g/mol. The molecule has 3 fully saturated rings. The van der Waals surface area contributed by atoms with Crippen LogP contribution in [0.4, 0.5) is 0 Å². The van der Waals surface area contributed by atoms with Gasteiger partial charge in [0.1, 0.15) is 5.60 Å². The molecule has 7 atom stereocenters. The molecular weight excluding hydrogens is 236 g/mol. The molecule has 0 radical (unpaired) electrons. The van der Waals surface area contributed by atoms with Crippen LogP contribution >= 0.6 is 11.6 Å². The molecule has 5 nitrogen and oxygen atoms in total. The molecule has 4 unspecified atom stereocenters. The number of methoxy groups -OCH3 is 1. The zero-order valence-electron chi connectivity index (χ0n) is 8.88. The average Bonchev–Trinajstić information content (AvgIpc) is 2.73. The van der Waals surface area contributed by atoms with Crippen molar-refractivity contribution in [1.29, 1.82) is 0 Å². The Hall–Kier alpha value is 0.0900. The van der Waals surface area contributed by atoms with Crippen molar-refractivity contribution in [2.45, 2.75) is 36.1 Å². The van der Waals surface area contributed by atoms with Crippen LogP contribution in [0.3, 0.4) is 0 Å². The van der Waals surface area contributed by atoms with Crippen LogP contribution in [0.2, 0.25) is 0 Å². The third kappa shape index (κ3) is 1.24. The zero-order chi connectivity index (χ0) is 11.5. The minimum Gasteiger partial charge on any atom is -0.391 e. The second kappa shape index (κ2) is 3.54. The topological polar surface area (TPSA) is 68.2 Å². The van der Waals surface area contributed by atoms with Crippen LogP contribution in [0.25, 0.3) is 0 Å². The van der Waals surface area contributed by atoms with E-state index in [0.29, 0.717) is 6.42 Å². The van der Waals surface area contributed by atoms with Crippen molar-refractivity contribution >= 4 is 11.6 Å². The fraction of sp³-hybridized carbons (Fsp3) is 1.00. The Morgan fingerprint density at radius 1 is 1.50 bits per heavy atom. The molecule has 3 rings (SSSR count). The third-order valence-corrected chi connectivity index (χ3v) is 4.68.